The van der Waals surface area contributed by atoms with Crippen LogP contribution >= 0.6 is 0 Å². The number of allylic oxidation sites excluding steroid dienone is 1. The molecule has 2 aromatic carbocycles. The first-order chi connectivity index (χ1) is 6.84. The molecule has 72 valence electrons. The summed E-state index contributed by atoms with van der Waals surface area (Å²) in [5.74, 6) is 0. The molecule has 0 nitrogen and oxygen atoms in total. The Labute approximate surface area is 109 Å². The van der Waals surface area contributed by atoms with Crippen LogP contribution in [0.4, 0.5) is 0 Å². The van der Waals surface area contributed by atoms with Crippen molar-refractivity contribution >= 4 is 10.8 Å². The Bertz CT molecular complexity index is 538. The normalized spacial score (nSPS) is 13.3. The van der Waals surface area contributed by atoms with Gasteiger partial charge in [-0.3, -0.25) is 0 Å². The number of hydrogen-bond acceptors (Lipinski definition) is 0. The van der Waals surface area contributed by atoms with Crippen molar-refractivity contribution in [1.82, 2.24) is 0 Å². The molecule has 0 heterocycles. The van der Waals surface area contributed by atoms with Crippen LogP contribution in [0.3, 0.4) is 0 Å². The monoisotopic (exact) mass is 269 g/mol. The zero-order valence-corrected chi connectivity index (χ0v) is 11.1. The summed E-state index contributed by atoms with van der Waals surface area (Å²) >= 11 is 0. The molecule has 0 unspecified atom stereocenters. The predicted octanol–water partition coefficient (Wildman–Crippen LogP) is 3.49. The van der Waals surface area contributed by atoms with Crippen LogP contribution in [0.5, 0.6) is 0 Å². The average Bonchev–Trinajstić information content (AvgIpc) is 2.59. The fourth-order valence-corrected chi connectivity index (χ4v) is 2.15. The van der Waals surface area contributed by atoms with E-state index in [0.29, 0.717) is 0 Å². The maximum absolute atomic E-state index is 3.46. The first-order valence-electron chi connectivity index (χ1n) is 4.95. The van der Waals surface area contributed by atoms with Gasteiger partial charge in [-0.15, -0.1) is 28.7 Å². The SMILES string of the molecule is CC1=[C-]c2c(ccc3ccccc23)C1.[Zr]. The van der Waals surface area contributed by atoms with E-state index in [1.165, 1.54) is 27.5 Å². The molecule has 3 rings (SSSR count). The smallest absolute Gasteiger partial charge is 0 e. The Morgan fingerprint density at radius 1 is 1.07 bits per heavy atom. The van der Waals surface area contributed by atoms with Crippen molar-refractivity contribution < 1.29 is 26.2 Å². The Morgan fingerprint density at radius 2 is 1.87 bits per heavy atom. The molecular weight excluding hydrogens is 259 g/mol. The molecule has 1 heteroatoms. The van der Waals surface area contributed by atoms with Gasteiger partial charge in [0.25, 0.3) is 0 Å². The van der Waals surface area contributed by atoms with Gasteiger partial charge in [0.15, 0.2) is 0 Å². The van der Waals surface area contributed by atoms with Crippen LogP contribution in [-0.4, -0.2) is 0 Å². The molecule has 0 aliphatic heterocycles. The van der Waals surface area contributed by atoms with E-state index in [1.54, 1.807) is 0 Å². The second-order valence-corrected chi connectivity index (χ2v) is 3.90. The predicted molar refractivity (Wildman–Crippen MR) is 59.2 cm³/mol. The zero-order chi connectivity index (χ0) is 9.54. The fraction of sp³-hybridized carbons (Fsp3) is 0.143. The average molecular weight is 270 g/mol. The van der Waals surface area contributed by atoms with Crippen molar-refractivity contribution in [3.63, 3.8) is 0 Å². The van der Waals surface area contributed by atoms with Crippen LogP contribution in [-0.2, 0) is 32.6 Å². The van der Waals surface area contributed by atoms with Crippen molar-refractivity contribution in [3.05, 3.63) is 59.2 Å². The van der Waals surface area contributed by atoms with E-state index in [9.17, 15) is 0 Å². The molecule has 0 N–H and O–H groups in total. The molecule has 0 radical (unpaired) electrons. The van der Waals surface area contributed by atoms with E-state index in [0.717, 1.165) is 6.42 Å². The van der Waals surface area contributed by atoms with Crippen LogP contribution in [0.2, 0.25) is 0 Å². The molecule has 0 amide bonds. The molecule has 0 saturated carbocycles. The molecule has 0 saturated heterocycles. The Balaban J connectivity index is 0.000000853. The van der Waals surface area contributed by atoms with Crippen LogP contribution in [0.1, 0.15) is 18.1 Å². The summed E-state index contributed by atoms with van der Waals surface area (Å²) in [5, 5.41) is 2.65. The van der Waals surface area contributed by atoms with E-state index < -0.39 is 0 Å². The summed E-state index contributed by atoms with van der Waals surface area (Å²) in [7, 11) is 0. The van der Waals surface area contributed by atoms with E-state index in [1.807, 2.05) is 0 Å². The molecule has 1 aliphatic rings. The molecule has 1 aliphatic carbocycles. The molecular formula is C14H11Zr-. The third kappa shape index (κ3) is 1.74. The van der Waals surface area contributed by atoms with Gasteiger partial charge in [-0.1, -0.05) is 43.0 Å². The molecule has 0 aromatic heterocycles. The van der Waals surface area contributed by atoms with E-state index in [-0.39, 0.29) is 26.2 Å². The van der Waals surface area contributed by atoms with Gasteiger partial charge in [-0.25, -0.2) is 0 Å². The number of fused-ring (bicyclic) bond motifs is 3. The Morgan fingerprint density at radius 3 is 2.73 bits per heavy atom. The minimum atomic E-state index is 0. The summed E-state index contributed by atoms with van der Waals surface area (Å²) in [5.41, 5.74) is 4.07. The number of benzene rings is 2. The Hall–Kier alpha value is -0.677. The quantitative estimate of drug-likeness (QED) is 0.643. The summed E-state index contributed by atoms with van der Waals surface area (Å²) in [6, 6.07) is 12.9. The van der Waals surface area contributed by atoms with Crippen LogP contribution in [0.15, 0.2) is 42.0 Å². The second-order valence-electron chi connectivity index (χ2n) is 3.90. The Kier molecular flexibility index (Phi) is 2.93. The van der Waals surface area contributed by atoms with E-state index in [4.69, 9.17) is 0 Å². The fourth-order valence-electron chi connectivity index (χ4n) is 2.15. The van der Waals surface area contributed by atoms with Gasteiger partial charge in [0.05, 0.1) is 0 Å². The van der Waals surface area contributed by atoms with Gasteiger partial charge in [0.2, 0.25) is 0 Å². The van der Waals surface area contributed by atoms with E-state index >= 15 is 0 Å². The largest absolute Gasteiger partial charge is 0.182 e. The van der Waals surface area contributed by atoms with Gasteiger partial charge < -0.3 is 0 Å². The van der Waals surface area contributed by atoms with Crippen LogP contribution in [0, 0.1) is 6.08 Å². The van der Waals surface area contributed by atoms with Gasteiger partial charge >= 0.3 is 0 Å². The first kappa shape index (κ1) is 10.8. The van der Waals surface area contributed by atoms with E-state index in [2.05, 4.69) is 49.4 Å². The maximum atomic E-state index is 3.46. The van der Waals surface area contributed by atoms with Crippen molar-refractivity contribution in [1.29, 1.82) is 0 Å². The molecule has 0 spiro atoms. The summed E-state index contributed by atoms with van der Waals surface area (Å²) < 4.78 is 0. The molecule has 2 aromatic rings. The molecule has 0 bridgehead atoms. The third-order valence-corrected chi connectivity index (χ3v) is 2.81. The van der Waals surface area contributed by atoms with Crippen molar-refractivity contribution in [2.75, 3.05) is 0 Å². The first-order valence-corrected chi connectivity index (χ1v) is 4.95. The van der Waals surface area contributed by atoms with Gasteiger partial charge in [0.1, 0.15) is 0 Å². The number of hydrogen-bond donors (Lipinski definition) is 0. The van der Waals surface area contributed by atoms with Crippen LogP contribution in [0.25, 0.3) is 10.8 Å². The van der Waals surface area contributed by atoms with Gasteiger partial charge in [-0.05, 0) is 0 Å². The molecule has 15 heavy (non-hydrogen) atoms. The molecule has 0 fully saturated rings. The minimum Gasteiger partial charge on any atom is -0.182 e. The third-order valence-electron chi connectivity index (χ3n) is 2.81. The second kappa shape index (κ2) is 4.06. The molecule has 0 atom stereocenters. The standard InChI is InChI=1S/C14H11.Zr/c1-10-8-12-7-6-11-4-2-3-5-13(11)14(12)9-10;/h2-7H,8H2,1H3;/q-1;. The van der Waals surface area contributed by atoms with Crippen molar-refractivity contribution in [2.45, 2.75) is 13.3 Å². The zero-order valence-electron chi connectivity index (χ0n) is 8.67. The van der Waals surface area contributed by atoms with Crippen molar-refractivity contribution in [2.24, 2.45) is 0 Å². The summed E-state index contributed by atoms with van der Waals surface area (Å²) in [6.07, 6.45) is 4.53. The van der Waals surface area contributed by atoms with Crippen molar-refractivity contribution in [3.8, 4) is 0 Å². The number of rotatable bonds is 0. The summed E-state index contributed by atoms with van der Waals surface area (Å²) in [4.78, 5) is 0. The van der Waals surface area contributed by atoms with Gasteiger partial charge in [-0.2, -0.15) is 11.6 Å². The summed E-state index contributed by atoms with van der Waals surface area (Å²) in [6.45, 7) is 2.15. The van der Waals surface area contributed by atoms with Crippen LogP contribution < -0.4 is 0 Å². The topological polar surface area (TPSA) is 0 Å². The maximum Gasteiger partial charge on any atom is 0 e. The van der Waals surface area contributed by atoms with Gasteiger partial charge in [0, 0.05) is 26.2 Å². The minimum absolute atomic E-state index is 0.